The number of hydrogen-bond acceptors (Lipinski definition) is 4. The van der Waals surface area contributed by atoms with Gasteiger partial charge in [0.25, 0.3) is 0 Å². The van der Waals surface area contributed by atoms with Gasteiger partial charge >= 0.3 is 0 Å². The fourth-order valence-electron chi connectivity index (χ4n) is 1.83. The van der Waals surface area contributed by atoms with Crippen molar-refractivity contribution in [2.24, 2.45) is 0 Å². The molecule has 0 aromatic carbocycles. The van der Waals surface area contributed by atoms with E-state index in [9.17, 15) is 8.42 Å². The van der Waals surface area contributed by atoms with Gasteiger partial charge in [-0.1, -0.05) is 6.92 Å². The highest BCUT2D eigenvalue weighted by Gasteiger charge is 2.31. The van der Waals surface area contributed by atoms with Gasteiger partial charge in [-0.2, -0.15) is 9.57 Å². The van der Waals surface area contributed by atoms with Crippen LogP contribution < -0.4 is 0 Å². The van der Waals surface area contributed by atoms with Crippen molar-refractivity contribution in [3.63, 3.8) is 0 Å². The Morgan fingerprint density at radius 1 is 1.31 bits per heavy atom. The van der Waals surface area contributed by atoms with Crippen molar-refractivity contribution in [2.75, 3.05) is 33.2 Å². The summed E-state index contributed by atoms with van der Waals surface area (Å²) in [7, 11) is -1.44. The average Bonchev–Trinajstić information content (AvgIpc) is 2.44. The van der Waals surface area contributed by atoms with Crippen molar-refractivity contribution in [3.8, 4) is 6.07 Å². The van der Waals surface area contributed by atoms with Crippen LogP contribution in [-0.2, 0) is 10.0 Å². The first-order valence-corrected chi connectivity index (χ1v) is 7.09. The molecule has 1 aliphatic rings. The van der Waals surface area contributed by atoms with Crippen LogP contribution in [0.4, 0.5) is 0 Å². The molecule has 1 heterocycles. The third kappa shape index (κ3) is 2.94. The lowest BCUT2D eigenvalue weighted by atomic mass is 10.4. The molecule has 1 aliphatic heterocycles. The van der Waals surface area contributed by atoms with E-state index in [-0.39, 0.29) is 0 Å². The highest BCUT2D eigenvalue weighted by Crippen LogP contribution is 2.14. The van der Waals surface area contributed by atoms with Gasteiger partial charge in [0.1, 0.15) is 0 Å². The van der Waals surface area contributed by atoms with Crippen LogP contribution >= 0.6 is 0 Å². The molecule has 0 N–H and O–H groups in total. The van der Waals surface area contributed by atoms with Gasteiger partial charge in [0, 0.05) is 19.6 Å². The second-order valence-corrected chi connectivity index (χ2v) is 6.24. The molecule has 0 aromatic rings. The normalized spacial score (nSPS) is 22.3. The third-order valence-electron chi connectivity index (χ3n) is 2.91. The zero-order valence-electron chi connectivity index (χ0n) is 9.89. The van der Waals surface area contributed by atoms with Gasteiger partial charge in [-0.15, -0.1) is 0 Å². The number of hydrogen-bond donors (Lipinski definition) is 0. The second kappa shape index (κ2) is 5.62. The predicted octanol–water partition coefficient (Wildman–Crippen LogP) is 0.256. The Bertz CT molecular complexity index is 361. The van der Waals surface area contributed by atoms with Gasteiger partial charge in [0.05, 0.1) is 6.07 Å². The van der Waals surface area contributed by atoms with Crippen molar-refractivity contribution >= 4 is 10.0 Å². The SMILES string of the molecule is CCC(C#N)S(=O)(=O)N1CCCN(C)CC1. The molecular formula is C10H19N3O2S. The highest BCUT2D eigenvalue weighted by atomic mass is 32.2. The number of nitriles is 1. The minimum absolute atomic E-state index is 0.352. The molecule has 0 radical (unpaired) electrons. The minimum atomic E-state index is -3.43. The van der Waals surface area contributed by atoms with Gasteiger partial charge < -0.3 is 4.90 Å². The summed E-state index contributed by atoms with van der Waals surface area (Å²) < 4.78 is 25.7. The quantitative estimate of drug-likeness (QED) is 0.715. The van der Waals surface area contributed by atoms with Crippen LogP contribution in [0.15, 0.2) is 0 Å². The lowest BCUT2D eigenvalue weighted by molar-refractivity contribution is 0.346. The maximum Gasteiger partial charge on any atom is 0.230 e. The van der Waals surface area contributed by atoms with Crippen LogP contribution in [0.3, 0.4) is 0 Å². The largest absolute Gasteiger partial charge is 0.305 e. The summed E-state index contributed by atoms with van der Waals surface area (Å²) >= 11 is 0. The van der Waals surface area contributed by atoms with E-state index in [1.807, 2.05) is 13.1 Å². The standard InChI is InChI=1S/C10H19N3O2S/c1-3-10(9-11)16(14,15)13-6-4-5-12(2)7-8-13/h10H,3-8H2,1-2H3. The van der Waals surface area contributed by atoms with E-state index in [0.29, 0.717) is 19.5 Å². The summed E-state index contributed by atoms with van der Waals surface area (Å²) in [5.74, 6) is 0. The van der Waals surface area contributed by atoms with Crippen LogP contribution in [0, 0.1) is 11.3 Å². The van der Waals surface area contributed by atoms with Crippen LogP contribution in [0.1, 0.15) is 19.8 Å². The molecule has 1 rings (SSSR count). The molecule has 5 nitrogen and oxygen atoms in total. The van der Waals surface area contributed by atoms with E-state index < -0.39 is 15.3 Å². The predicted molar refractivity (Wildman–Crippen MR) is 62.3 cm³/mol. The van der Waals surface area contributed by atoms with E-state index in [1.165, 1.54) is 4.31 Å². The Labute approximate surface area is 97.7 Å². The Balaban J connectivity index is 2.79. The Kier molecular flexibility index (Phi) is 4.71. The molecule has 0 spiro atoms. The van der Waals surface area contributed by atoms with Crippen molar-refractivity contribution < 1.29 is 8.42 Å². The summed E-state index contributed by atoms with van der Waals surface area (Å²) in [6.07, 6.45) is 1.18. The van der Waals surface area contributed by atoms with Crippen molar-refractivity contribution in [2.45, 2.75) is 25.0 Å². The molecule has 6 heteroatoms. The molecule has 16 heavy (non-hydrogen) atoms. The Morgan fingerprint density at radius 2 is 2.00 bits per heavy atom. The minimum Gasteiger partial charge on any atom is -0.305 e. The van der Waals surface area contributed by atoms with E-state index in [2.05, 4.69) is 4.90 Å². The summed E-state index contributed by atoms with van der Waals surface area (Å²) in [6.45, 7) is 4.41. The second-order valence-electron chi connectivity index (χ2n) is 4.13. The van der Waals surface area contributed by atoms with Gasteiger partial charge in [-0.25, -0.2) is 8.42 Å². The Morgan fingerprint density at radius 3 is 2.56 bits per heavy atom. The van der Waals surface area contributed by atoms with E-state index >= 15 is 0 Å². The van der Waals surface area contributed by atoms with Crippen LogP contribution in [0.5, 0.6) is 0 Å². The first-order chi connectivity index (χ1) is 7.52. The summed E-state index contributed by atoms with van der Waals surface area (Å²) in [5, 5.41) is 7.96. The first kappa shape index (κ1) is 13.4. The van der Waals surface area contributed by atoms with Crippen LogP contribution in [0.25, 0.3) is 0 Å². The number of rotatable bonds is 3. The zero-order chi connectivity index (χ0) is 12.2. The van der Waals surface area contributed by atoms with Crippen LogP contribution in [-0.4, -0.2) is 56.1 Å². The zero-order valence-corrected chi connectivity index (χ0v) is 10.7. The average molecular weight is 245 g/mol. The highest BCUT2D eigenvalue weighted by molar-refractivity contribution is 7.90. The molecule has 0 bridgehead atoms. The molecule has 1 saturated heterocycles. The van der Waals surface area contributed by atoms with Crippen molar-refractivity contribution in [1.29, 1.82) is 5.26 Å². The van der Waals surface area contributed by atoms with Crippen LogP contribution in [0.2, 0.25) is 0 Å². The molecule has 0 aromatic heterocycles. The molecule has 0 amide bonds. The Hall–Kier alpha value is -0.640. The van der Waals surface area contributed by atoms with E-state index in [1.54, 1.807) is 6.92 Å². The smallest absolute Gasteiger partial charge is 0.230 e. The number of nitrogens with zero attached hydrogens (tertiary/aromatic N) is 3. The van der Waals surface area contributed by atoms with Gasteiger partial charge in [-0.05, 0) is 26.4 Å². The molecule has 92 valence electrons. The van der Waals surface area contributed by atoms with Crippen molar-refractivity contribution in [1.82, 2.24) is 9.21 Å². The molecule has 0 aliphatic carbocycles. The topological polar surface area (TPSA) is 64.4 Å². The number of sulfonamides is 1. The van der Waals surface area contributed by atoms with Gasteiger partial charge in [0.2, 0.25) is 10.0 Å². The summed E-state index contributed by atoms with van der Waals surface area (Å²) in [4.78, 5) is 2.11. The lowest BCUT2D eigenvalue weighted by Crippen LogP contribution is -2.40. The van der Waals surface area contributed by atoms with Crippen molar-refractivity contribution in [3.05, 3.63) is 0 Å². The fraction of sp³-hybridized carbons (Fsp3) is 0.900. The lowest BCUT2D eigenvalue weighted by Gasteiger charge is -2.22. The van der Waals surface area contributed by atoms with E-state index in [0.717, 1.165) is 19.5 Å². The van der Waals surface area contributed by atoms with E-state index in [4.69, 9.17) is 5.26 Å². The molecular weight excluding hydrogens is 226 g/mol. The molecule has 1 atom stereocenters. The number of likely N-dealkylation sites (N-methyl/N-ethyl adjacent to an activating group) is 1. The third-order valence-corrected chi connectivity index (χ3v) is 5.16. The fourth-order valence-corrected chi connectivity index (χ4v) is 3.46. The first-order valence-electron chi connectivity index (χ1n) is 5.59. The summed E-state index contributed by atoms with van der Waals surface area (Å²) in [6, 6.07) is 1.88. The maximum atomic E-state index is 12.1. The van der Waals surface area contributed by atoms with Gasteiger partial charge in [-0.3, -0.25) is 0 Å². The maximum absolute atomic E-state index is 12.1. The molecule has 0 saturated carbocycles. The monoisotopic (exact) mass is 245 g/mol. The molecule has 1 fully saturated rings. The summed E-state index contributed by atoms with van der Waals surface area (Å²) in [5.41, 5.74) is 0. The van der Waals surface area contributed by atoms with Gasteiger partial charge in [0.15, 0.2) is 5.25 Å². The molecule has 1 unspecified atom stereocenters.